The Morgan fingerprint density at radius 2 is 1.19 bits per heavy atom. The monoisotopic (exact) mass is 834 g/mol. The zero-order chi connectivity index (χ0) is 41.9. The van der Waals surface area contributed by atoms with Gasteiger partial charge in [-0.05, 0) is 68.9 Å². The largest absolute Gasteiger partial charge is 1.00 e. The fourth-order valence-corrected chi connectivity index (χ4v) is 8.81. The van der Waals surface area contributed by atoms with Crippen LogP contribution < -0.4 is 66.0 Å². The number of aliphatic hydroxyl groups excluding tert-OH is 4. The van der Waals surface area contributed by atoms with Crippen LogP contribution in [0.25, 0.3) is 0 Å². The van der Waals surface area contributed by atoms with Crippen LogP contribution in [0.4, 0.5) is 0 Å². The Kier molecular flexibility index (Phi) is 19.3. The first-order chi connectivity index (χ1) is 27.8. The molecule has 0 saturated heterocycles. The molecule has 0 aromatic heterocycles. The molecule has 5 N–H and O–H groups in total. The quantitative estimate of drug-likeness (QED) is 0.0959. The molecule has 2 fully saturated rings. The Morgan fingerprint density at radius 1 is 0.763 bits per heavy atom. The maximum absolute atomic E-state index is 10.8. The molecule has 0 amide bonds. The van der Waals surface area contributed by atoms with Crippen molar-refractivity contribution >= 4 is 11.9 Å². The second-order valence-corrected chi connectivity index (χ2v) is 16.2. The van der Waals surface area contributed by atoms with Gasteiger partial charge < -0.3 is 44.9 Å². The molecule has 2 aliphatic carbocycles. The van der Waals surface area contributed by atoms with Crippen molar-refractivity contribution in [3.05, 3.63) is 83.0 Å². The van der Waals surface area contributed by atoms with Crippen LogP contribution in [0.15, 0.2) is 60.7 Å². The Balaban J connectivity index is 0.000000256. The molecule has 312 valence electrons. The van der Waals surface area contributed by atoms with E-state index in [1.165, 1.54) is 0 Å². The number of para-hydroxylation sites is 2. The number of carboxylic acids is 2. The van der Waals surface area contributed by atoms with Gasteiger partial charge in [-0.25, -0.2) is 0 Å². The molecule has 11 heteroatoms. The van der Waals surface area contributed by atoms with Crippen molar-refractivity contribution < 1.29 is 101 Å². The van der Waals surface area contributed by atoms with Crippen LogP contribution in [0.2, 0.25) is 0 Å². The van der Waals surface area contributed by atoms with E-state index in [1.54, 1.807) is 26.0 Å². The number of aliphatic carboxylic acids is 2. The van der Waals surface area contributed by atoms with E-state index in [1.807, 2.05) is 62.4 Å². The van der Waals surface area contributed by atoms with E-state index < -0.39 is 36.4 Å². The summed E-state index contributed by atoms with van der Waals surface area (Å²) >= 11 is 0. The molecule has 2 aliphatic heterocycles. The minimum Gasteiger partial charge on any atom is -0.550 e. The minimum atomic E-state index is -1.04. The van der Waals surface area contributed by atoms with Gasteiger partial charge in [-0.2, -0.15) is 0 Å². The summed E-state index contributed by atoms with van der Waals surface area (Å²) in [5.74, 6) is 11.4. The summed E-state index contributed by atoms with van der Waals surface area (Å²) in [7, 11) is 0. The van der Waals surface area contributed by atoms with Crippen molar-refractivity contribution in [2.75, 3.05) is 0 Å². The number of carbonyl (C=O) groups is 2. The van der Waals surface area contributed by atoms with E-state index in [0.29, 0.717) is 51.4 Å². The number of fused-ring (bicyclic) bond motifs is 6. The first-order valence-corrected chi connectivity index (χ1v) is 20.7. The number of benzene rings is 2. The number of carbonyl (C=O) groups excluding carboxylic acids is 1. The molecular formula is C48H59KO10. The number of hydrogen-bond acceptors (Lipinski definition) is 9. The number of ether oxygens (including phenoxy) is 2. The molecule has 0 unspecified atom stereocenters. The summed E-state index contributed by atoms with van der Waals surface area (Å²) in [6.45, 7) is 7.50. The van der Waals surface area contributed by atoms with Crippen LogP contribution in [0.1, 0.15) is 113 Å². The summed E-state index contributed by atoms with van der Waals surface area (Å²) in [5, 5.41) is 61.5. The van der Waals surface area contributed by atoms with E-state index in [9.17, 15) is 35.1 Å². The Hall–Kier alpha value is -2.94. The van der Waals surface area contributed by atoms with Crippen LogP contribution in [0.5, 0.6) is 11.5 Å². The molecular weight excluding hydrogens is 776 g/mol. The van der Waals surface area contributed by atoms with E-state index >= 15 is 0 Å². The van der Waals surface area contributed by atoms with Crippen molar-refractivity contribution in [1.29, 1.82) is 0 Å². The molecule has 2 aromatic carbocycles. The first-order valence-electron chi connectivity index (χ1n) is 20.7. The van der Waals surface area contributed by atoms with Crippen molar-refractivity contribution in [2.45, 2.75) is 140 Å². The molecule has 0 radical (unpaired) electrons. The van der Waals surface area contributed by atoms with Gasteiger partial charge in [0, 0.05) is 72.9 Å². The fourth-order valence-electron chi connectivity index (χ4n) is 8.81. The van der Waals surface area contributed by atoms with E-state index in [0.717, 1.165) is 33.8 Å². The Morgan fingerprint density at radius 3 is 1.58 bits per heavy atom. The zero-order valence-electron chi connectivity index (χ0n) is 35.1. The van der Waals surface area contributed by atoms with Crippen molar-refractivity contribution in [1.82, 2.24) is 0 Å². The third-order valence-electron chi connectivity index (χ3n) is 12.1. The average molecular weight is 835 g/mol. The molecule has 0 spiro atoms. The van der Waals surface area contributed by atoms with E-state index in [4.69, 9.17) is 14.6 Å². The molecule has 0 bridgehead atoms. The van der Waals surface area contributed by atoms with Gasteiger partial charge in [-0.3, -0.25) is 4.79 Å². The van der Waals surface area contributed by atoms with Gasteiger partial charge >= 0.3 is 57.4 Å². The van der Waals surface area contributed by atoms with Gasteiger partial charge in [0.15, 0.2) is 0 Å². The maximum Gasteiger partial charge on any atom is 1.00 e. The van der Waals surface area contributed by atoms with Crippen molar-refractivity contribution in [3.63, 3.8) is 0 Å². The second-order valence-electron chi connectivity index (χ2n) is 16.2. The maximum atomic E-state index is 10.8. The van der Waals surface area contributed by atoms with Gasteiger partial charge in [0.2, 0.25) is 0 Å². The van der Waals surface area contributed by atoms with Gasteiger partial charge in [-0.15, -0.1) is 23.7 Å². The summed E-state index contributed by atoms with van der Waals surface area (Å²) in [6.07, 6.45) is 9.87. The molecule has 12 atom stereocenters. The van der Waals surface area contributed by atoms with Crippen LogP contribution in [-0.4, -0.2) is 74.1 Å². The standard InChI is InChI=1S/2C24H30O5.K/c2*1-3-4-7-15(2)19(25)13-12-17-20(26)14-21-23(17)18-10-5-8-16(24(18)29-21)9-6-11-22(27)28;/h2*5,8,10,12-13,15,17,19-21,23,25-26H,6-7,9,11,14H2,1-2H3,(H,27,28);/q;;+1/p-1/b2*13-12+;/t2*15-,17-,19+,20+,21-,23-;/m00./s1. The summed E-state index contributed by atoms with van der Waals surface area (Å²) in [6, 6.07) is 12.0. The number of aliphatic hydroxyl groups is 4. The molecule has 59 heavy (non-hydrogen) atoms. The third kappa shape index (κ3) is 12.6. The van der Waals surface area contributed by atoms with Crippen LogP contribution in [0.3, 0.4) is 0 Å². The smallest absolute Gasteiger partial charge is 0.550 e. The predicted octanol–water partition coefficient (Wildman–Crippen LogP) is 2.24. The fraction of sp³-hybridized carbons (Fsp3) is 0.542. The Bertz CT molecular complexity index is 1780. The van der Waals surface area contributed by atoms with Crippen molar-refractivity contribution in [2.24, 2.45) is 23.7 Å². The number of carboxylic acid groups (broad SMARTS) is 2. The molecule has 2 heterocycles. The predicted molar refractivity (Wildman–Crippen MR) is 219 cm³/mol. The summed E-state index contributed by atoms with van der Waals surface area (Å²) < 4.78 is 12.4. The second kappa shape index (κ2) is 23.3. The average Bonchev–Trinajstić information content (AvgIpc) is 3.91. The SMILES string of the molecule is CC#CC[C@H](C)[C@H](O)/C=C/[C@@H]1[C@H]2c3cccc(CCCC(=O)O)c3O[C@H]2C[C@H]1O.CC#CC[C@H](C)[C@H](O)/C=C/[C@@H]1[C@H]2c3cccc(CCCC(=O)[O-])c3O[C@H]2C[C@H]1O.[K+]. The minimum absolute atomic E-state index is 0. The summed E-state index contributed by atoms with van der Waals surface area (Å²) in [4.78, 5) is 21.5. The Labute approximate surface area is 391 Å². The number of aryl methyl sites for hydroxylation is 2. The molecule has 2 saturated carbocycles. The van der Waals surface area contributed by atoms with Crippen LogP contribution in [0, 0.1) is 47.4 Å². The van der Waals surface area contributed by atoms with Crippen molar-refractivity contribution in [3.8, 4) is 35.2 Å². The molecule has 6 rings (SSSR count). The van der Waals surface area contributed by atoms with E-state index in [2.05, 4.69) is 23.7 Å². The van der Waals surface area contributed by atoms with Gasteiger partial charge in [0.25, 0.3) is 0 Å². The zero-order valence-corrected chi connectivity index (χ0v) is 38.2. The first kappa shape index (κ1) is 48.7. The van der Waals surface area contributed by atoms with E-state index in [-0.39, 0.29) is 112 Å². The van der Waals surface area contributed by atoms with Gasteiger partial charge in [-0.1, -0.05) is 74.5 Å². The third-order valence-corrected chi connectivity index (χ3v) is 12.1. The topological polar surface area (TPSA) is 177 Å². The summed E-state index contributed by atoms with van der Waals surface area (Å²) in [5.41, 5.74) is 4.17. The van der Waals surface area contributed by atoms with Gasteiger partial charge in [0.1, 0.15) is 23.7 Å². The molecule has 10 nitrogen and oxygen atoms in total. The normalized spacial score (nSPS) is 26.4. The molecule has 2 aromatic rings. The van der Waals surface area contributed by atoms with Gasteiger partial charge in [0.05, 0.1) is 24.4 Å². The number of rotatable bonds is 16. The van der Waals surface area contributed by atoms with Crippen LogP contribution >= 0.6 is 0 Å². The molecule has 4 aliphatic rings. The van der Waals surface area contributed by atoms with Crippen LogP contribution in [-0.2, 0) is 22.4 Å². The number of hydrogen-bond donors (Lipinski definition) is 5.